The number of amides is 2. The number of rotatable bonds is 7. The van der Waals surface area contributed by atoms with E-state index in [2.05, 4.69) is 10.6 Å². The fraction of sp³-hybridized carbons (Fsp3) is 0.471. The minimum Gasteiger partial charge on any atom is -0.478 e. The number of aromatic carboxylic acids is 1. The average molecular weight is 320 g/mol. The molecule has 1 unspecified atom stereocenters. The monoisotopic (exact) mass is 320 g/mol. The van der Waals surface area contributed by atoms with Crippen LogP contribution in [0.25, 0.3) is 0 Å². The van der Waals surface area contributed by atoms with Gasteiger partial charge in [-0.2, -0.15) is 0 Å². The maximum atomic E-state index is 12.4. The Morgan fingerprint density at radius 3 is 2.30 bits per heavy atom. The standard InChI is InChI=1S/C17H24N2O4/c1-10(2)8-14(20)19-15(11(3)4)16(21)18-13-7-5-6-12(9-13)17(22)23/h5-7,9-11,15H,8H2,1-4H3,(H,18,21)(H,19,20)(H,22,23). The molecule has 1 atom stereocenters. The molecule has 23 heavy (non-hydrogen) atoms. The highest BCUT2D eigenvalue weighted by atomic mass is 16.4. The van der Waals surface area contributed by atoms with Crippen molar-refractivity contribution in [2.24, 2.45) is 11.8 Å². The van der Waals surface area contributed by atoms with E-state index in [9.17, 15) is 14.4 Å². The van der Waals surface area contributed by atoms with Crippen LogP contribution in [0.4, 0.5) is 5.69 Å². The SMILES string of the molecule is CC(C)CC(=O)NC(C(=O)Nc1cccc(C(=O)O)c1)C(C)C. The molecule has 6 heteroatoms. The third-order valence-corrected chi connectivity index (χ3v) is 3.24. The molecule has 1 rings (SSSR count). The van der Waals surface area contributed by atoms with Crippen LogP contribution in [0.5, 0.6) is 0 Å². The van der Waals surface area contributed by atoms with Crippen molar-refractivity contribution in [1.29, 1.82) is 0 Å². The summed E-state index contributed by atoms with van der Waals surface area (Å²) in [6, 6.07) is 5.32. The lowest BCUT2D eigenvalue weighted by Gasteiger charge is -2.22. The summed E-state index contributed by atoms with van der Waals surface area (Å²) in [7, 11) is 0. The number of carboxylic acids is 1. The van der Waals surface area contributed by atoms with Crippen molar-refractivity contribution in [2.45, 2.75) is 40.2 Å². The maximum Gasteiger partial charge on any atom is 0.335 e. The molecule has 126 valence electrons. The smallest absolute Gasteiger partial charge is 0.335 e. The van der Waals surface area contributed by atoms with Crippen LogP contribution in [-0.4, -0.2) is 28.9 Å². The van der Waals surface area contributed by atoms with Crippen LogP contribution in [0.1, 0.15) is 44.5 Å². The maximum absolute atomic E-state index is 12.4. The Morgan fingerprint density at radius 1 is 1.13 bits per heavy atom. The topological polar surface area (TPSA) is 95.5 Å². The summed E-state index contributed by atoms with van der Waals surface area (Å²) >= 11 is 0. The lowest BCUT2D eigenvalue weighted by atomic mass is 10.0. The molecule has 0 spiro atoms. The molecule has 1 aromatic carbocycles. The van der Waals surface area contributed by atoms with Gasteiger partial charge >= 0.3 is 5.97 Å². The van der Waals surface area contributed by atoms with Crippen LogP contribution in [0, 0.1) is 11.8 Å². The average Bonchev–Trinajstić information content (AvgIpc) is 2.43. The first-order valence-electron chi connectivity index (χ1n) is 7.64. The Kier molecular flexibility index (Phi) is 6.75. The van der Waals surface area contributed by atoms with Gasteiger partial charge in [0.25, 0.3) is 0 Å². The summed E-state index contributed by atoms with van der Waals surface area (Å²) in [6.07, 6.45) is 0.352. The Hall–Kier alpha value is -2.37. The summed E-state index contributed by atoms with van der Waals surface area (Å²) in [5.41, 5.74) is 0.478. The molecule has 0 saturated carbocycles. The molecule has 0 bridgehead atoms. The normalized spacial score (nSPS) is 12.1. The van der Waals surface area contributed by atoms with Gasteiger partial charge in [0.05, 0.1) is 5.56 Å². The third kappa shape index (κ3) is 6.10. The lowest BCUT2D eigenvalue weighted by Crippen LogP contribution is -2.47. The summed E-state index contributed by atoms with van der Waals surface area (Å²) in [5, 5.41) is 14.4. The van der Waals surface area contributed by atoms with Crippen molar-refractivity contribution in [3.63, 3.8) is 0 Å². The summed E-state index contributed by atoms with van der Waals surface area (Å²) in [6.45, 7) is 7.55. The first-order chi connectivity index (χ1) is 10.7. The molecular formula is C17H24N2O4. The molecular weight excluding hydrogens is 296 g/mol. The second kappa shape index (κ2) is 8.31. The number of benzene rings is 1. The third-order valence-electron chi connectivity index (χ3n) is 3.24. The second-order valence-corrected chi connectivity index (χ2v) is 6.26. The van der Waals surface area contributed by atoms with Crippen LogP contribution >= 0.6 is 0 Å². The van der Waals surface area contributed by atoms with Crippen molar-refractivity contribution in [3.8, 4) is 0 Å². The number of carboxylic acid groups (broad SMARTS) is 1. The Balaban J connectivity index is 2.80. The Bertz CT molecular complexity index is 582. The van der Waals surface area contributed by atoms with Gasteiger partial charge in [0.2, 0.25) is 11.8 Å². The van der Waals surface area contributed by atoms with Crippen LogP contribution in [-0.2, 0) is 9.59 Å². The molecule has 0 radical (unpaired) electrons. The molecule has 2 amide bonds. The van der Waals surface area contributed by atoms with Crippen LogP contribution < -0.4 is 10.6 Å². The number of carbonyl (C=O) groups is 3. The first kappa shape index (κ1) is 18.7. The summed E-state index contributed by atoms with van der Waals surface area (Å²) < 4.78 is 0. The number of anilines is 1. The zero-order valence-electron chi connectivity index (χ0n) is 13.9. The van der Waals surface area contributed by atoms with Crippen LogP contribution in [0.15, 0.2) is 24.3 Å². The molecule has 0 saturated heterocycles. The minimum absolute atomic E-state index is 0.0891. The highest BCUT2D eigenvalue weighted by molar-refractivity contribution is 5.98. The second-order valence-electron chi connectivity index (χ2n) is 6.26. The predicted molar refractivity (Wildman–Crippen MR) is 88.3 cm³/mol. The number of carbonyl (C=O) groups excluding carboxylic acids is 2. The molecule has 0 heterocycles. The molecule has 0 aromatic heterocycles. The van der Waals surface area contributed by atoms with Gasteiger partial charge in [-0.15, -0.1) is 0 Å². The van der Waals surface area contributed by atoms with Gasteiger partial charge in [-0.3, -0.25) is 9.59 Å². The minimum atomic E-state index is -1.06. The zero-order valence-corrected chi connectivity index (χ0v) is 13.9. The van der Waals surface area contributed by atoms with E-state index >= 15 is 0 Å². The van der Waals surface area contributed by atoms with E-state index < -0.39 is 12.0 Å². The van der Waals surface area contributed by atoms with Gasteiger partial charge in [-0.05, 0) is 30.0 Å². The molecule has 3 N–H and O–H groups in total. The molecule has 0 aliphatic heterocycles. The van der Waals surface area contributed by atoms with Gasteiger partial charge < -0.3 is 15.7 Å². The zero-order chi connectivity index (χ0) is 17.6. The van der Waals surface area contributed by atoms with Crippen molar-refractivity contribution in [1.82, 2.24) is 5.32 Å². The van der Waals surface area contributed by atoms with Crippen LogP contribution in [0.3, 0.4) is 0 Å². The Labute approximate surface area is 136 Å². The fourth-order valence-electron chi connectivity index (χ4n) is 2.09. The quantitative estimate of drug-likeness (QED) is 0.719. The predicted octanol–water partition coefficient (Wildman–Crippen LogP) is 2.51. The van der Waals surface area contributed by atoms with Gasteiger partial charge in [0, 0.05) is 12.1 Å². The van der Waals surface area contributed by atoms with Gasteiger partial charge in [-0.25, -0.2) is 4.79 Å². The highest BCUT2D eigenvalue weighted by Gasteiger charge is 2.24. The largest absolute Gasteiger partial charge is 0.478 e. The van der Waals surface area contributed by atoms with E-state index in [1.165, 1.54) is 12.1 Å². The van der Waals surface area contributed by atoms with E-state index in [1.54, 1.807) is 12.1 Å². The summed E-state index contributed by atoms with van der Waals surface area (Å²) in [5.74, 6) is -1.48. The molecule has 0 fully saturated rings. The van der Waals surface area contributed by atoms with Gasteiger partial charge in [0.1, 0.15) is 6.04 Å². The Morgan fingerprint density at radius 2 is 1.78 bits per heavy atom. The van der Waals surface area contributed by atoms with Crippen molar-refractivity contribution in [2.75, 3.05) is 5.32 Å². The number of hydrogen-bond donors (Lipinski definition) is 3. The van der Waals surface area contributed by atoms with Gasteiger partial charge in [0.15, 0.2) is 0 Å². The first-order valence-corrected chi connectivity index (χ1v) is 7.64. The van der Waals surface area contributed by atoms with E-state index in [0.717, 1.165) is 0 Å². The molecule has 6 nitrogen and oxygen atoms in total. The van der Waals surface area contributed by atoms with E-state index in [4.69, 9.17) is 5.11 Å². The lowest BCUT2D eigenvalue weighted by molar-refractivity contribution is -0.127. The van der Waals surface area contributed by atoms with Crippen LogP contribution in [0.2, 0.25) is 0 Å². The number of hydrogen-bond acceptors (Lipinski definition) is 3. The molecule has 0 aliphatic carbocycles. The summed E-state index contributed by atoms with van der Waals surface area (Å²) in [4.78, 5) is 35.2. The van der Waals surface area contributed by atoms with Crippen molar-refractivity contribution >= 4 is 23.5 Å². The van der Waals surface area contributed by atoms with Gasteiger partial charge in [-0.1, -0.05) is 33.8 Å². The number of nitrogens with one attached hydrogen (secondary N) is 2. The van der Waals surface area contributed by atoms with E-state index in [0.29, 0.717) is 12.1 Å². The van der Waals surface area contributed by atoms with Crippen molar-refractivity contribution in [3.05, 3.63) is 29.8 Å². The van der Waals surface area contributed by atoms with E-state index in [1.807, 2.05) is 27.7 Å². The molecule has 0 aliphatic rings. The highest BCUT2D eigenvalue weighted by Crippen LogP contribution is 2.13. The van der Waals surface area contributed by atoms with E-state index in [-0.39, 0.29) is 29.2 Å². The molecule has 1 aromatic rings. The fourth-order valence-corrected chi connectivity index (χ4v) is 2.09. The van der Waals surface area contributed by atoms with Crippen molar-refractivity contribution < 1.29 is 19.5 Å².